The normalized spacial score (nSPS) is 11.8. The van der Waals surface area contributed by atoms with Gasteiger partial charge < -0.3 is 16.4 Å². The molecule has 0 aliphatic rings. The van der Waals surface area contributed by atoms with E-state index in [1.807, 2.05) is 32.9 Å². The van der Waals surface area contributed by atoms with Crippen molar-refractivity contribution in [3.05, 3.63) is 52.4 Å². The molecule has 0 aliphatic carbocycles. The SMILES string of the molecule is Cc1ccccc1C(=O)N[C@H](CC(C)C)C(=O)Nc1sccc1C(N)=O. The van der Waals surface area contributed by atoms with Gasteiger partial charge in [-0.3, -0.25) is 14.4 Å². The van der Waals surface area contributed by atoms with Gasteiger partial charge in [-0.1, -0.05) is 32.0 Å². The van der Waals surface area contributed by atoms with Crippen molar-refractivity contribution < 1.29 is 14.4 Å². The monoisotopic (exact) mass is 373 g/mol. The third-order valence-corrected chi connectivity index (χ3v) is 4.72. The van der Waals surface area contributed by atoms with E-state index in [9.17, 15) is 14.4 Å². The molecule has 1 aromatic carbocycles. The van der Waals surface area contributed by atoms with Crippen LogP contribution < -0.4 is 16.4 Å². The van der Waals surface area contributed by atoms with Crippen LogP contribution in [0.1, 0.15) is 46.5 Å². The molecule has 0 bridgehead atoms. The maximum absolute atomic E-state index is 12.7. The lowest BCUT2D eigenvalue weighted by Gasteiger charge is -2.20. The Morgan fingerprint density at radius 3 is 2.42 bits per heavy atom. The zero-order valence-electron chi connectivity index (χ0n) is 15.0. The summed E-state index contributed by atoms with van der Waals surface area (Å²) < 4.78 is 0. The first kappa shape index (κ1) is 19.7. The molecule has 3 amide bonds. The summed E-state index contributed by atoms with van der Waals surface area (Å²) in [5.74, 6) is -1.08. The van der Waals surface area contributed by atoms with Gasteiger partial charge in [0, 0.05) is 5.56 Å². The second-order valence-corrected chi connectivity index (χ2v) is 7.40. The minimum Gasteiger partial charge on any atom is -0.366 e. The van der Waals surface area contributed by atoms with E-state index in [0.29, 0.717) is 17.0 Å². The first-order valence-corrected chi connectivity index (χ1v) is 9.22. The standard InChI is InChI=1S/C19H23N3O3S/c1-11(2)10-15(21-17(24)13-7-5-4-6-12(13)3)18(25)22-19-14(16(20)23)8-9-26-19/h4-9,11,15H,10H2,1-3H3,(H2,20,23)(H,21,24)(H,22,25)/t15-/m1/s1. The quantitative estimate of drug-likeness (QED) is 0.695. The average Bonchev–Trinajstić information content (AvgIpc) is 3.02. The molecular weight excluding hydrogens is 350 g/mol. The van der Waals surface area contributed by atoms with Gasteiger partial charge in [0.1, 0.15) is 11.0 Å². The zero-order chi connectivity index (χ0) is 19.3. The van der Waals surface area contributed by atoms with Crippen molar-refractivity contribution >= 4 is 34.1 Å². The molecule has 138 valence electrons. The molecule has 0 unspecified atom stereocenters. The average molecular weight is 373 g/mol. The zero-order valence-corrected chi connectivity index (χ0v) is 15.9. The number of carbonyl (C=O) groups excluding carboxylic acids is 3. The van der Waals surface area contributed by atoms with Crippen LogP contribution >= 0.6 is 11.3 Å². The smallest absolute Gasteiger partial charge is 0.252 e. The molecule has 1 atom stereocenters. The predicted molar refractivity (Wildman–Crippen MR) is 103 cm³/mol. The Morgan fingerprint density at radius 1 is 1.12 bits per heavy atom. The van der Waals surface area contributed by atoms with Crippen LogP contribution in [0.15, 0.2) is 35.7 Å². The summed E-state index contributed by atoms with van der Waals surface area (Å²) in [5, 5.41) is 7.59. The topological polar surface area (TPSA) is 101 Å². The van der Waals surface area contributed by atoms with Gasteiger partial charge >= 0.3 is 0 Å². The number of primary amides is 1. The number of carbonyl (C=O) groups is 3. The van der Waals surface area contributed by atoms with E-state index in [2.05, 4.69) is 10.6 Å². The lowest BCUT2D eigenvalue weighted by molar-refractivity contribution is -0.118. The van der Waals surface area contributed by atoms with Crippen molar-refractivity contribution in [2.75, 3.05) is 5.32 Å². The number of hydrogen-bond acceptors (Lipinski definition) is 4. The lowest BCUT2D eigenvalue weighted by Crippen LogP contribution is -2.44. The van der Waals surface area contributed by atoms with Crippen LogP contribution in [-0.2, 0) is 4.79 Å². The number of anilines is 1. The van der Waals surface area contributed by atoms with Crippen LogP contribution in [0.5, 0.6) is 0 Å². The summed E-state index contributed by atoms with van der Waals surface area (Å²) in [6, 6.07) is 8.05. The van der Waals surface area contributed by atoms with Gasteiger partial charge in [0.05, 0.1) is 5.56 Å². The number of benzene rings is 1. The van der Waals surface area contributed by atoms with Gasteiger partial charge in [-0.05, 0) is 42.3 Å². The minimum atomic E-state index is -0.718. The van der Waals surface area contributed by atoms with Crippen molar-refractivity contribution in [3.8, 4) is 0 Å². The van der Waals surface area contributed by atoms with Gasteiger partial charge in [0.25, 0.3) is 11.8 Å². The molecule has 4 N–H and O–H groups in total. The van der Waals surface area contributed by atoms with Crippen molar-refractivity contribution in [2.45, 2.75) is 33.2 Å². The van der Waals surface area contributed by atoms with Crippen molar-refractivity contribution in [2.24, 2.45) is 11.7 Å². The minimum absolute atomic E-state index is 0.196. The molecule has 0 saturated carbocycles. The van der Waals surface area contributed by atoms with Crippen molar-refractivity contribution in [1.29, 1.82) is 0 Å². The molecule has 26 heavy (non-hydrogen) atoms. The maximum Gasteiger partial charge on any atom is 0.252 e. The fraction of sp³-hybridized carbons (Fsp3) is 0.316. The highest BCUT2D eigenvalue weighted by atomic mass is 32.1. The summed E-state index contributed by atoms with van der Waals surface area (Å²) in [4.78, 5) is 36.7. The first-order chi connectivity index (χ1) is 12.3. The third-order valence-electron chi connectivity index (χ3n) is 3.89. The molecule has 6 nitrogen and oxygen atoms in total. The van der Waals surface area contributed by atoms with E-state index in [0.717, 1.165) is 5.56 Å². The van der Waals surface area contributed by atoms with Gasteiger partial charge in [0.2, 0.25) is 5.91 Å². The number of nitrogens with one attached hydrogen (secondary N) is 2. The number of nitrogens with two attached hydrogens (primary N) is 1. The fourth-order valence-electron chi connectivity index (χ4n) is 2.57. The summed E-state index contributed by atoms with van der Waals surface area (Å²) >= 11 is 1.21. The fourth-order valence-corrected chi connectivity index (χ4v) is 3.36. The van der Waals surface area contributed by atoms with Gasteiger partial charge in [-0.2, -0.15) is 0 Å². The summed E-state index contributed by atoms with van der Waals surface area (Å²) in [7, 11) is 0. The maximum atomic E-state index is 12.7. The molecule has 0 radical (unpaired) electrons. The Morgan fingerprint density at radius 2 is 1.81 bits per heavy atom. The number of amides is 3. The number of rotatable bonds is 7. The predicted octanol–water partition coefficient (Wildman–Crippen LogP) is 2.94. The molecular formula is C19H23N3O3S. The van der Waals surface area contributed by atoms with Gasteiger partial charge in [0.15, 0.2) is 0 Å². The summed E-state index contributed by atoms with van der Waals surface area (Å²) in [5.41, 5.74) is 6.94. The molecule has 7 heteroatoms. The largest absolute Gasteiger partial charge is 0.366 e. The molecule has 0 aliphatic heterocycles. The molecule has 2 rings (SSSR count). The second-order valence-electron chi connectivity index (χ2n) is 6.49. The highest BCUT2D eigenvalue weighted by Crippen LogP contribution is 2.23. The first-order valence-electron chi connectivity index (χ1n) is 8.34. The highest BCUT2D eigenvalue weighted by molar-refractivity contribution is 7.14. The summed E-state index contributed by atoms with van der Waals surface area (Å²) in [6.07, 6.45) is 0.473. The van der Waals surface area contributed by atoms with Crippen LogP contribution in [0.25, 0.3) is 0 Å². The van der Waals surface area contributed by atoms with E-state index in [-0.39, 0.29) is 23.3 Å². The lowest BCUT2D eigenvalue weighted by atomic mass is 10.0. The number of thiophene rings is 1. The van der Waals surface area contributed by atoms with Crippen LogP contribution in [0, 0.1) is 12.8 Å². The van der Waals surface area contributed by atoms with Crippen LogP contribution in [0.4, 0.5) is 5.00 Å². The van der Waals surface area contributed by atoms with E-state index < -0.39 is 11.9 Å². The molecule has 0 saturated heterocycles. The Labute approximate surface area is 156 Å². The highest BCUT2D eigenvalue weighted by Gasteiger charge is 2.24. The Hall–Kier alpha value is -2.67. The Kier molecular flexibility index (Phi) is 6.52. The molecule has 2 aromatic rings. The second kappa shape index (κ2) is 8.62. The van der Waals surface area contributed by atoms with Crippen molar-refractivity contribution in [1.82, 2.24) is 5.32 Å². The molecule has 1 aromatic heterocycles. The van der Waals surface area contributed by atoms with Crippen molar-refractivity contribution in [3.63, 3.8) is 0 Å². The number of aryl methyl sites for hydroxylation is 1. The Bertz CT molecular complexity index is 814. The van der Waals surface area contributed by atoms with E-state index in [1.165, 1.54) is 11.3 Å². The van der Waals surface area contributed by atoms with Crippen LogP contribution in [0.3, 0.4) is 0 Å². The van der Waals surface area contributed by atoms with Crippen LogP contribution in [-0.4, -0.2) is 23.8 Å². The Balaban J connectivity index is 2.17. The van der Waals surface area contributed by atoms with Gasteiger partial charge in [-0.25, -0.2) is 0 Å². The van der Waals surface area contributed by atoms with E-state index >= 15 is 0 Å². The van der Waals surface area contributed by atoms with Gasteiger partial charge in [-0.15, -0.1) is 11.3 Å². The van der Waals surface area contributed by atoms with E-state index in [4.69, 9.17) is 5.73 Å². The molecule has 1 heterocycles. The molecule has 0 spiro atoms. The van der Waals surface area contributed by atoms with Crippen LogP contribution in [0.2, 0.25) is 0 Å². The van der Waals surface area contributed by atoms with E-state index in [1.54, 1.807) is 23.6 Å². The third kappa shape index (κ3) is 4.92. The summed E-state index contributed by atoms with van der Waals surface area (Å²) in [6.45, 7) is 5.79. The number of hydrogen-bond donors (Lipinski definition) is 3. The molecule has 0 fully saturated rings.